The first-order chi connectivity index (χ1) is 7.67. The van der Waals surface area contributed by atoms with Crippen molar-refractivity contribution in [1.29, 1.82) is 0 Å². The van der Waals surface area contributed by atoms with Crippen LogP contribution in [0.5, 0.6) is 0 Å². The summed E-state index contributed by atoms with van der Waals surface area (Å²) in [7, 11) is 1.72. The molecule has 0 aromatic rings. The summed E-state index contributed by atoms with van der Waals surface area (Å²) < 4.78 is 5.35. The first kappa shape index (κ1) is 13.5. The van der Waals surface area contributed by atoms with Gasteiger partial charge < -0.3 is 15.4 Å². The molecule has 0 aromatic heterocycles. The maximum absolute atomic E-state index is 11.7. The third-order valence-corrected chi connectivity index (χ3v) is 3.15. The SMILES string of the molecule is CCNC(C)CC(=O)NC1CCCC1OC. The van der Waals surface area contributed by atoms with Gasteiger partial charge in [0.05, 0.1) is 12.1 Å². The Morgan fingerprint density at radius 3 is 2.88 bits per heavy atom. The van der Waals surface area contributed by atoms with Crippen LogP contribution in [0.15, 0.2) is 0 Å². The van der Waals surface area contributed by atoms with E-state index in [-0.39, 0.29) is 24.1 Å². The molecule has 0 aromatic carbocycles. The zero-order valence-corrected chi connectivity index (χ0v) is 10.6. The molecule has 0 aliphatic heterocycles. The topological polar surface area (TPSA) is 50.4 Å². The van der Waals surface area contributed by atoms with E-state index in [9.17, 15) is 4.79 Å². The Morgan fingerprint density at radius 1 is 1.50 bits per heavy atom. The molecule has 1 aliphatic rings. The van der Waals surface area contributed by atoms with Crippen LogP contribution >= 0.6 is 0 Å². The lowest BCUT2D eigenvalue weighted by Crippen LogP contribution is -2.43. The predicted octanol–water partition coefficient (Wildman–Crippen LogP) is 1.06. The van der Waals surface area contributed by atoms with Gasteiger partial charge in [-0.2, -0.15) is 0 Å². The van der Waals surface area contributed by atoms with Gasteiger partial charge in [-0.25, -0.2) is 0 Å². The summed E-state index contributed by atoms with van der Waals surface area (Å²) in [6.45, 7) is 4.98. The second kappa shape index (κ2) is 6.86. The fourth-order valence-corrected chi connectivity index (χ4v) is 2.34. The van der Waals surface area contributed by atoms with Crippen molar-refractivity contribution in [2.45, 2.75) is 57.7 Å². The Morgan fingerprint density at radius 2 is 2.25 bits per heavy atom. The third-order valence-electron chi connectivity index (χ3n) is 3.15. The van der Waals surface area contributed by atoms with Gasteiger partial charge in [-0.3, -0.25) is 4.79 Å². The van der Waals surface area contributed by atoms with Crippen molar-refractivity contribution in [2.24, 2.45) is 0 Å². The van der Waals surface area contributed by atoms with Gasteiger partial charge in [-0.15, -0.1) is 0 Å². The van der Waals surface area contributed by atoms with Crippen LogP contribution < -0.4 is 10.6 Å². The van der Waals surface area contributed by atoms with Gasteiger partial charge in [0, 0.05) is 19.6 Å². The fraction of sp³-hybridized carbons (Fsp3) is 0.917. The average molecular weight is 228 g/mol. The van der Waals surface area contributed by atoms with Crippen LogP contribution in [-0.2, 0) is 9.53 Å². The van der Waals surface area contributed by atoms with Gasteiger partial charge in [-0.05, 0) is 32.7 Å². The molecule has 0 radical (unpaired) electrons. The Bertz CT molecular complexity index is 221. The fourth-order valence-electron chi connectivity index (χ4n) is 2.34. The van der Waals surface area contributed by atoms with Crippen LogP contribution in [0.3, 0.4) is 0 Å². The molecule has 4 nitrogen and oxygen atoms in total. The van der Waals surface area contributed by atoms with E-state index in [0.29, 0.717) is 6.42 Å². The molecule has 0 bridgehead atoms. The molecule has 94 valence electrons. The molecule has 1 saturated carbocycles. The molecule has 0 heterocycles. The largest absolute Gasteiger partial charge is 0.379 e. The third kappa shape index (κ3) is 4.10. The lowest BCUT2D eigenvalue weighted by atomic mass is 10.1. The van der Waals surface area contributed by atoms with Gasteiger partial charge in [0.2, 0.25) is 5.91 Å². The van der Waals surface area contributed by atoms with Gasteiger partial charge in [0.15, 0.2) is 0 Å². The Balaban J connectivity index is 2.28. The lowest BCUT2D eigenvalue weighted by molar-refractivity contribution is -0.123. The summed E-state index contributed by atoms with van der Waals surface area (Å²) in [4.78, 5) is 11.7. The maximum atomic E-state index is 11.7. The summed E-state index contributed by atoms with van der Waals surface area (Å²) in [6, 6.07) is 0.457. The van der Waals surface area contributed by atoms with Gasteiger partial charge in [0.25, 0.3) is 0 Å². The number of carbonyl (C=O) groups excluding carboxylic acids is 1. The smallest absolute Gasteiger partial charge is 0.221 e. The number of rotatable bonds is 6. The highest BCUT2D eigenvalue weighted by Crippen LogP contribution is 2.21. The average Bonchev–Trinajstić information content (AvgIpc) is 2.65. The minimum Gasteiger partial charge on any atom is -0.379 e. The van der Waals surface area contributed by atoms with E-state index in [1.807, 2.05) is 13.8 Å². The summed E-state index contributed by atoms with van der Waals surface area (Å²) in [5.74, 6) is 0.127. The van der Waals surface area contributed by atoms with Gasteiger partial charge >= 0.3 is 0 Å². The normalized spacial score (nSPS) is 26.7. The van der Waals surface area contributed by atoms with Crippen LogP contribution in [0.4, 0.5) is 0 Å². The molecule has 2 N–H and O–H groups in total. The van der Waals surface area contributed by atoms with Crippen LogP contribution in [-0.4, -0.2) is 37.7 Å². The molecule has 16 heavy (non-hydrogen) atoms. The highest BCUT2D eigenvalue weighted by molar-refractivity contribution is 5.76. The van der Waals surface area contributed by atoms with E-state index in [4.69, 9.17) is 4.74 Å². The summed E-state index contributed by atoms with van der Waals surface area (Å²) in [6.07, 6.45) is 4.00. The van der Waals surface area contributed by atoms with Crippen molar-refractivity contribution in [3.05, 3.63) is 0 Å². The number of ether oxygens (including phenoxy) is 1. The van der Waals surface area contributed by atoms with Crippen LogP contribution in [0.25, 0.3) is 0 Å². The molecule has 3 atom stereocenters. The molecule has 1 amide bonds. The zero-order chi connectivity index (χ0) is 12.0. The monoisotopic (exact) mass is 228 g/mol. The van der Waals surface area contributed by atoms with Crippen molar-refractivity contribution < 1.29 is 9.53 Å². The zero-order valence-electron chi connectivity index (χ0n) is 10.6. The second-order valence-electron chi connectivity index (χ2n) is 4.54. The van der Waals surface area contributed by atoms with E-state index >= 15 is 0 Å². The number of carbonyl (C=O) groups is 1. The van der Waals surface area contributed by atoms with Crippen molar-refractivity contribution in [1.82, 2.24) is 10.6 Å². The number of nitrogens with one attached hydrogen (secondary N) is 2. The van der Waals surface area contributed by atoms with Gasteiger partial charge in [0.1, 0.15) is 0 Å². The van der Waals surface area contributed by atoms with Gasteiger partial charge in [-0.1, -0.05) is 6.92 Å². The van der Waals surface area contributed by atoms with Crippen LogP contribution in [0, 0.1) is 0 Å². The van der Waals surface area contributed by atoms with Crippen molar-refractivity contribution >= 4 is 5.91 Å². The minimum absolute atomic E-state index is 0.127. The Kier molecular flexibility index (Phi) is 5.77. The molecular formula is C12H24N2O2. The summed E-state index contributed by atoms with van der Waals surface area (Å²) in [5.41, 5.74) is 0. The molecule has 0 spiro atoms. The summed E-state index contributed by atoms with van der Waals surface area (Å²) >= 11 is 0. The van der Waals surface area contributed by atoms with E-state index in [1.54, 1.807) is 7.11 Å². The van der Waals surface area contributed by atoms with E-state index in [1.165, 1.54) is 0 Å². The van der Waals surface area contributed by atoms with Crippen LogP contribution in [0.1, 0.15) is 39.5 Å². The molecule has 0 saturated heterocycles. The Labute approximate surface area is 98.1 Å². The first-order valence-electron chi connectivity index (χ1n) is 6.23. The maximum Gasteiger partial charge on any atom is 0.221 e. The Hall–Kier alpha value is -0.610. The number of hydrogen-bond acceptors (Lipinski definition) is 3. The predicted molar refractivity (Wildman–Crippen MR) is 64.3 cm³/mol. The molecule has 3 unspecified atom stereocenters. The highest BCUT2D eigenvalue weighted by Gasteiger charge is 2.28. The van der Waals surface area contributed by atoms with E-state index < -0.39 is 0 Å². The summed E-state index contributed by atoms with van der Waals surface area (Å²) in [5, 5.41) is 6.30. The number of amides is 1. The second-order valence-corrected chi connectivity index (χ2v) is 4.54. The molecule has 4 heteroatoms. The molecule has 1 rings (SSSR count). The molecular weight excluding hydrogens is 204 g/mol. The highest BCUT2D eigenvalue weighted by atomic mass is 16.5. The van der Waals surface area contributed by atoms with Crippen LogP contribution in [0.2, 0.25) is 0 Å². The van der Waals surface area contributed by atoms with E-state index in [2.05, 4.69) is 10.6 Å². The first-order valence-corrected chi connectivity index (χ1v) is 6.23. The quantitative estimate of drug-likeness (QED) is 0.714. The number of methoxy groups -OCH3 is 1. The number of hydrogen-bond donors (Lipinski definition) is 2. The van der Waals surface area contributed by atoms with Crippen molar-refractivity contribution in [3.8, 4) is 0 Å². The van der Waals surface area contributed by atoms with E-state index in [0.717, 1.165) is 25.8 Å². The van der Waals surface area contributed by atoms with Crippen molar-refractivity contribution in [3.63, 3.8) is 0 Å². The standard InChI is InChI=1S/C12H24N2O2/c1-4-13-9(2)8-12(15)14-10-6-5-7-11(10)16-3/h9-11,13H,4-8H2,1-3H3,(H,14,15). The molecule has 1 fully saturated rings. The lowest BCUT2D eigenvalue weighted by Gasteiger charge is -2.20. The minimum atomic E-state index is 0.127. The molecule has 1 aliphatic carbocycles. The van der Waals surface area contributed by atoms with Crippen molar-refractivity contribution in [2.75, 3.05) is 13.7 Å².